The van der Waals surface area contributed by atoms with Gasteiger partial charge in [-0.15, -0.1) is 0 Å². The van der Waals surface area contributed by atoms with E-state index >= 15 is 0 Å². The molecule has 0 bridgehead atoms. The number of nitrogens with zero attached hydrogens (tertiary/aromatic N) is 2. The Bertz CT molecular complexity index is 434. The van der Waals surface area contributed by atoms with Crippen molar-refractivity contribution in [3.8, 4) is 6.07 Å². The molecule has 0 spiro atoms. The minimum Gasteiger partial charge on any atom is -0.344 e. The highest BCUT2D eigenvalue weighted by atomic mass is 19.3. The summed E-state index contributed by atoms with van der Waals surface area (Å²) in [6.45, 7) is 7.76. The fraction of sp³-hybridized carbons (Fsp3) is 0.812. The molecule has 0 aromatic heterocycles. The Kier molecular flexibility index (Phi) is 9.38. The van der Waals surface area contributed by atoms with Crippen LogP contribution >= 0.6 is 0 Å². The maximum absolute atomic E-state index is 13.1. The molecule has 2 amide bonds. The van der Waals surface area contributed by atoms with Crippen molar-refractivity contribution in [2.45, 2.75) is 77.8 Å². The van der Waals surface area contributed by atoms with Crippen molar-refractivity contribution in [1.82, 2.24) is 10.2 Å². The van der Waals surface area contributed by atoms with Gasteiger partial charge < -0.3 is 10.2 Å². The van der Waals surface area contributed by atoms with Crippen LogP contribution in [0, 0.1) is 11.3 Å². The van der Waals surface area contributed by atoms with Crippen molar-refractivity contribution in [2.75, 3.05) is 6.54 Å². The highest BCUT2D eigenvalue weighted by molar-refractivity contribution is 5.91. The summed E-state index contributed by atoms with van der Waals surface area (Å²) in [4.78, 5) is 23.7. The van der Waals surface area contributed by atoms with Gasteiger partial charge >= 0.3 is 0 Å². The quantitative estimate of drug-likeness (QED) is 0.803. The second-order valence-corrected chi connectivity index (χ2v) is 5.74. The number of likely N-dealkylation sites (tertiary alicyclic amines) is 1. The number of nitriles is 1. The van der Waals surface area contributed by atoms with Crippen LogP contribution in [0.2, 0.25) is 0 Å². The van der Waals surface area contributed by atoms with Crippen LogP contribution in [-0.4, -0.2) is 41.3 Å². The highest BCUT2D eigenvalue weighted by Crippen LogP contribution is 2.32. The summed E-state index contributed by atoms with van der Waals surface area (Å²) in [6, 6.07) is -0.161. The lowest BCUT2D eigenvalue weighted by Gasteiger charge is -2.22. The lowest BCUT2D eigenvalue weighted by Crippen LogP contribution is -2.46. The lowest BCUT2D eigenvalue weighted by molar-refractivity contribution is -0.135. The van der Waals surface area contributed by atoms with Crippen molar-refractivity contribution in [2.24, 2.45) is 0 Å². The van der Waals surface area contributed by atoms with Crippen molar-refractivity contribution >= 4 is 11.8 Å². The molecule has 1 N–H and O–H groups in total. The van der Waals surface area contributed by atoms with Gasteiger partial charge in [0.05, 0.1) is 12.6 Å². The molecule has 2 aliphatic heterocycles. The van der Waals surface area contributed by atoms with Gasteiger partial charge in [-0.2, -0.15) is 5.26 Å². The van der Waals surface area contributed by atoms with E-state index in [2.05, 4.69) is 33.0 Å². The van der Waals surface area contributed by atoms with Gasteiger partial charge in [0.2, 0.25) is 11.8 Å². The average molecular weight is 331 g/mol. The zero-order valence-electron chi connectivity index (χ0n) is 14.4. The van der Waals surface area contributed by atoms with Crippen LogP contribution in [0.4, 0.5) is 8.78 Å². The van der Waals surface area contributed by atoms with Crippen LogP contribution in [0.1, 0.15) is 59.8 Å². The number of carbonyl (C=O) groups excluding carboxylic acids is 2. The van der Waals surface area contributed by atoms with Crippen LogP contribution in [0.25, 0.3) is 0 Å². The monoisotopic (exact) mass is 331 g/mol. The molecule has 0 saturated carbocycles. The van der Waals surface area contributed by atoms with Gasteiger partial charge in [0.15, 0.2) is 0 Å². The Labute approximate surface area is 137 Å². The third-order valence-corrected chi connectivity index (χ3v) is 3.00. The molecule has 2 aliphatic rings. The van der Waals surface area contributed by atoms with E-state index in [0.29, 0.717) is 6.42 Å². The summed E-state index contributed by atoms with van der Waals surface area (Å²) in [6.07, 6.45) is 2.39. The van der Waals surface area contributed by atoms with Gasteiger partial charge in [-0.25, -0.2) is 8.78 Å². The Morgan fingerprint density at radius 1 is 1.35 bits per heavy atom. The van der Waals surface area contributed by atoms with Crippen molar-refractivity contribution in [3.05, 3.63) is 0 Å². The van der Waals surface area contributed by atoms with E-state index in [1.807, 2.05) is 0 Å². The molecule has 2 heterocycles. The summed E-state index contributed by atoms with van der Waals surface area (Å²) >= 11 is 0. The fourth-order valence-electron chi connectivity index (χ4n) is 2.16. The summed E-state index contributed by atoms with van der Waals surface area (Å²) in [5.74, 6) is -3.86. The zero-order valence-corrected chi connectivity index (χ0v) is 14.4. The summed E-state index contributed by atoms with van der Waals surface area (Å²) < 4.78 is 26.2. The van der Waals surface area contributed by atoms with Gasteiger partial charge in [-0.3, -0.25) is 9.59 Å². The molecule has 0 radical (unpaired) electrons. The third-order valence-electron chi connectivity index (χ3n) is 3.00. The standard InChI is InChI=1S/C10H11F2N3O2.2C3H8/c11-10(12)3-6(4-13)15(5-10)9(17)7-1-2-8(16)14-7;2*1-3-2/h6-7H,1-3,5H2,(H,14,16);2*3H2,1-2H3. The number of amides is 2. The van der Waals surface area contributed by atoms with Crippen LogP contribution in [0.5, 0.6) is 0 Å². The molecule has 132 valence electrons. The second kappa shape index (κ2) is 10.1. The van der Waals surface area contributed by atoms with E-state index < -0.39 is 36.9 Å². The van der Waals surface area contributed by atoms with E-state index in [1.165, 1.54) is 12.8 Å². The predicted molar refractivity (Wildman–Crippen MR) is 83.8 cm³/mol. The van der Waals surface area contributed by atoms with E-state index in [0.717, 1.165) is 4.90 Å². The fourth-order valence-corrected chi connectivity index (χ4v) is 2.16. The van der Waals surface area contributed by atoms with Crippen molar-refractivity contribution in [3.63, 3.8) is 0 Å². The zero-order chi connectivity index (χ0) is 18.0. The highest BCUT2D eigenvalue weighted by Gasteiger charge is 2.49. The molecule has 7 heteroatoms. The normalized spacial score (nSPS) is 24.6. The number of alkyl halides is 2. The van der Waals surface area contributed by atoms with E-state index in [-0.39, 0.29) is 12.3 Å². The molecule has 0 aromatic rings. The minimum absolute atomic E-state index is 0.220. The number of halogens is 2. The van der Waals surface area contributed by atoms with Gasteiger partial charge in [-0.05, 0) is 6.42 Å². The maximum atomic E-state index is 13.1. The number of nitrogens with one attached hydrogen (secondary N) is 1. The first-order chi connectivity index (χ1) is 10.8. The molecule has 2 saturated heterocycles. The molecule has 0 aromatic carbocycles. The van der Waals surface area contributed by atoms with Gasteiger partial charge in [0, 0.05) is 12.8 Å². The van der Waals surface area contributed by atoms with Crippen LogP contribution < -0.4 is 5.32 Å². The summed E-state index contributed by atoms with van der Waals surface area (Å²) in [5.41, 5.74) is 0. The molecule has 0 aliphatic carbocycles. The van der Waals surface area contributed by atoms with E-state index in [4.69, 9.17) is 5.26 Å². The molecule has 2 fully saturated rings. The minimum atomic E-state index is -3.02. The SMILES string of the molecule is CCC.CCC.N#CC1CC(F)(F)CN1C(=O)C1CCC(=O)N1. The lowest BCUT2D eigenvalue weighted by atomic mass is 10.2. The summed E-state index contributed by atoms with van der Waals surface area (Å²) in [7, 11) is 0. The Hall–Kier alpha value is -1.71. The Morgan fingerprint density at radius 2 is 1.87 bits per heavy atom. The molecule has 2 unspecified atom stereocenters. The van der Waals surface area contributed by atoms with Crippen molar-refractivity contribution in [1.29, 1.82) is 5.26 Å². The molecule has 23 heavy (non-hydrogen) atoms. The number of carbonyl (C=O) groups is 2. The topological polar surface area (TPSA) is 73.2 Å². The molecular formula is C16H27F2N3O2. The van der Waals surface area contributed by atoms with Crippen LogP contribution in [-0.2, 0) is 9.59 Å². The number of hydrogen-bond acceptors (Lipinski definition) is 3. The third kappa shape index (κ3) is 6.93. The first-order valence-corrected chi connectivity index (χ1v) is 8.13. The smallest absolute Gasteiger partial charge is 0.268 e. The van der Waals surface area contributed by atoms with Crippen LogP contribution in [0.3, 0.4) is 0 Å². The maximum Gasteiger partial charge on any atom is 0.268 e. The first-order valence-electron chi connectivity index (χ1n) is 8.13. The first kappa shape index (κ1) is 21.3. The average Bonchev–Trinajstić information content (AvgIpc) is 3.03. The number of hydrogen-bond donors (Lipinski definition) is 1. The molecule has 2 atom stereocenters. The molecular weight excluding hydrogens is 304 g/mol. The predicted octanol–water partition coefficient (Wildman–Crippen LogP) is 2.86. The van der Waals surface area contributed by atoms with Gasteiger partial charge in [0.1, 0.15) is 12.1 Å². The van der Waals surface area contributed by atoms with Gasteiger partial charge in [0.25, 0.3) is 5.92 Å². The van der Waals surface area contributed by atoms with Crippen LogP contribution in [0.15, 0.2) is 0 Å². The second-order valence-electron chi connectivity index (χ2n) is 5.74. The Morgan fingerprint density at radius 3 is 2.26 bits per heavy atom. The Balaban J connectivity index is 0.000000704. The number of rotatable bonds is 1. The van der Waals surface area contributed by atoms with Gasteiger partial charge in [-0.1, -0.05) is 40.5 Å². The largest absolute Gasteiger partial charge is 0.344 e. The van der Waals surface area contributed by atoms with Crippen molar-refractivity contribution < 1.29 is 18.4 Å². The van der Waals surface area contributed by atoms with E-state index in [1.54, 1.807) is 6.07 Å². The molecule has 2 rings (SSSR count). The summed E-state index contributed by atoms with van der Waals surface area (Å²) in [5, 5.41) is 11.2. The molecule has 5 nitrogen and oxygen atoms in total. The van der Waals surface area contributed by atoms with E-state index in [9.17, 15) is 18.4 Å².